The molecule has 5 nitrogen and oxygen atoms in total. The van der Waals surface area contributed by atoms with Gasteiger partial charge in [0.05, 0.1) is 0 Å². The number of nitrogens with zero attached hydrogens (tertiary/aromatic N) is 2. The molecular weight excluding hydrogens is 543 g/mol. The Morgan fingerprint density at radius 1 is 0.750 bits per heavy atom. The number of carbonyl (C=O) groups excluding carboxylic acids is 1. The van der Waals surface area contributed by atoms with Gasteiger partial charge in [0.1, 0.15) is 6.10 Å². The second-order valence-electron chi connectivity index (χ2n) is 13.6. The zero-order valence-corrected chi connectivity index (χ0v) is 26.9. The van der Waals surface area contributed by atoms with Crippen LogP contribution in [0.1, 0.15) is 92.2 Å². The van der Waals surface area contributed by atoms with Crippen molar-refractivity contribution in [1.82, 2.24) is 9.80 Å². The Morgan fingerprint density at radius 3 is 1.45 bits per heavy atom. The predicted octanol–water partition coefficient (Wildman–Crippen LogP) is 7.51. The van der Waals surface area contributed by atoms with E-state index in [-0.39, 0.29) is 28.3 Å². The first-order valence-corrected chi connectivity index (χ1v) is 14.7. The van der Waals surface area contributed by atoms with Crippen LogP contribution in [0.2, 0.25) is 0 Å². The summed E-state index contributed by atoms with van der Waals surface area (Å²) in [5, 5.41) is 0. The number of ether oxygens (including phenoxy) is 1. The van der Waals surface area contributed by atoms with Crippen LogP contribution in [-0.4, -0.2) is 44.0 Å². The van der Waals surface area contributed by atoms with Crippen LogP contribution in [0, 0.1) is 13.3 Å². The van der Waals surface area contributed by atoms with Crippen LogP contribution in [0.25, 0.3) is 0 Å². The van der Waals surface area contributed by atoms with Gasteiger partial charge >= 0.3 is 19.5 Å². The van der Waals surface area contributed by atoms with Crippen LogP contribution in [0.3, 0.4) is 0 Å². The molecule has 0 radical (unpaired) electrons. The van der Waals surface area contributed by atoms with Crippen molar-refractivity contribution in [3.8, 4) is 0 Å². The van der Waals surface area contributed by atoms with Gasteiger partial charge in [-0.1, -0.05) is 60.7 Å². The summed E-state index contributed by atoms with van der Waals surface area (Å²) in [6.07, 6.45) is 6.44. The maximum absolute atomic E-state index is 11.2. The van der Waals surface area contributed by atoms with Crippen molar-refractivity contribution in [3.63, 3.8) is 0 Å². The number of benzene rings is 2. The summed E-state index contributed by atoms with van der Waals surface area (Å²) in [7, 11) is 0. The van der Waals surface area contributed by atoms with Gasteiger partial charge in [-0.15, -0.1) is 0 Å². The van der Waals surface area contributed by atoms with E-state index in [0.717, 1.165) is 25.9 Å². The maximum atomic E-state index is 11.2. The number of piperidine rings is 2. The number of hydrogen-bond acceptors (Lipinski definition) is 5. The summed E-state index contributed by atoms with van der Waals surface area (Å²) in [5.41, 5.74) is 3.19. The molecule has 0 aromatic heterocycles. The molecule has 4 rings (SSSR count). The summed E-state index contributed by atoms with van der Waals surface area (Å²) in [6.45, 7) is 23.6. The summed E-state index contributed by atoms with van der Waals surface area (Å²) in [5.74, 6) is -0.428. The molecule has 0 spiro atoms. The fourth-order valence-electron chi connectivity index (χ4n) is 6.70. The molecule has 225 valence electrons. The van der Waals surface area contributed by atoms with E-state index in [2.05, 4.69) is 149 Å². The van der Waals surface area contributed by atoms with Crippen LogP contribution < -0.4 is 0 Å². The Kier molecular flexibility index (Phi) is 12.2. The topological polar surface area (TPSA) is 49.9 Å². The van der Waals surface area contributed by atoms with Crippen LogP contribution in [0.15, 0.2) is 60.7 Å². The van der Waals surface area contributed by atoms with Crippen molar-refractivity contribution in [2.75, 3.05) is 0 Å². The second kappa shape index (κ2) is 14.3. The molecule has 2 fully saturated rings. The van der Waals surface area contributed by atoms with Crippen molar-refractivity contribution < 1.29 is 29.1 Å². The van der Waals surface area contributed by atoms with Crippen LogP contribution in [0.4, 0.5) is 0 Å². The molecule has 2 saturated heterocycles. The zero-order valence-electron chi connectivity index (χ0n) is 25.8. The Balaban J connectivity index is 0.000000269. The average molecular weight is 594 g/mol. The zero-order chi connectivity index (χ0) is 30.2. The molecule has 2 aromatic rings. The molecule has 0 atom stereocenters. The Labute approximate surface area is 251 Å². The van der Waals surface area contributed by atoms with Crippen LogP contribution in [-0.2, 0) is 42.2 Å². The van der Waals surface area contributed by atoms with Gasteiger partial charge in [0, 0.05) is 37.0 Å². The van der Waals surface area contributed by atoms with E-state index in [0.29, 0.717) is 0 Å². The second-order valence-corrected chi connectivity index (χ2v) is 13.6. The fraction of sp³-hybridized carbons (Fsp3) is 0.559. The van der Waals surface area contributed by atoms with E-state index in [1.54, 1.807) is 0 Å². The number of hydrogen-bond donors (Lipinski definition) is 0. The SMILES string of the molecule is CC1(C)C[CH-]CC(C)(C)N1Cc1ccccc1.[CH2-]C(=O)OC1CC(C)(C)N(Cc2ccccc2)C(C)(C)C1.[O]=[Co]. The first-order valence-electron chi connectivity index (χ1n) is 14.2. The monoisotopic (exact) mass is 593 g/mol. The molecule has 0 N–H and O–H groups in total. The molecule has 6 heteroatoms. The van der Waals surface area contributed by atoms with E-state index in [1.807, 2.05) is 6.07 Å². The first kappa shape index (κ1) is 34.2. The molecule has 0 aliphatic carbocycles. The van der Waals surface area contributed by atoms with Gasteiger partial charge in [-0.25, -0.2) is 0 Å². The van der Waals surface area contributed by atoms with Crippen LogP contribution >= 0.6 is 0 Å². The van der Waals surface area contributed by atoms with E-state index in [9.17, 15) is 4.79 Å². The van der Waals surface area contributed by atoms with Crippen molar-refractivity contribution in [2.45, 2.75) is 122 Å². The molecule has 2 heterocycles. The Hall–Kier alpha value is -1.99. The van der Waals surface area contributed by atoms with E-state index in [4.69, 9.17) is 8.60 Å². The molecule has 2 aromatic carbocycles. The van der Waals surface area contributed by atoms with Gasteiger partial charge in [-0.2, -0.15) is 12.8 Å². The van der Waals surface area contributed by atoms with Gasteiger partial charge in [-0.05, 0) is 77.6 Å². The minimum absolute atomic E-state index is 0.0301. The normalized spacial score (nSPS) is 21.6. The third-order valence-corrected chi connectivity index (χ3v) is 8.33. The molecule has 0 amide bonds. The molecule has 0 bridgehead atoms. The minimum atomic E-state index is -0.428. The van der Waals surface area contributed by atoms with E-state index in [1.165, 1.54) is 24.0 Å². The fourth-order valence-corrected chi connectivity index (χ4v) is 6.70. The molecule has 0 unspecified atom stereocenters. The molecule has 2 aliphatic heterocycles. The van der Waals surface area contributed by atoms with Crippen LogP contribution in [0.5, 0.6) is 0 Å². The number of carbonyl (C=O) groups is 1. The standard InChI is InChI=1S/C18H26NO2.C16H24N.Co.O/c1-14(20)21-16-11-17(2,3)19(18(4,5)12-16)13-15-9-7-6-8-10-15;1-15(2)11-8-12-16(3,4)17(15)13-14-9-6-5-7-10-14;;/h6-10,16H,1,11-13H2,2-5H3;5-10H,11-13H2,1-4H3;;/q2*-1;;. The summed E-state index contributed by atoms with van der Waals surface area (Å²) in [4.78, 5) is 16.3. The van der Waals surface area contributed by atoms with Gasteiger partial charge in [0.15, 0.2) is 5.97 Å². The Morgan fingerprint density at radius 2 is 1.10 bits per heavy atom. The van der Waals surface area contributed by atoms with Gasteiger partial charge in [-0.3, -0.25) is 21.5 Å². The van der Waals surface area contributed by atoms with Crippen molar-refractivity contribution in [2.24, 2.45) is 0 Å². The van der Waals surface area contributed by atoms with Crippen molar-refractivity contribution >= 4 is 5.97 Å². The summed E-state index contributed by atoms with van der Waals surface area (Å²) < 4.78 is 13.3. The van der Waals surface area contributed by atoms with Gasteiger partial charge in [0.25, 0.3) is 0 Å². The van der Waals surface area contributed by atoms with Gasteiger partial charge < -0.3 is 11.2 Å². The predicted molar refractivity (Wildman–Crippen MR) is 159 cm³/mol. The third-order valence-electron chi connectivity index (χ3n) is 8.33. The number of likely N-dealkylation sites (tertiary alicyclic amines) is 2. The molecule has 0 saturated carbocycles. The average Bonchev–Trinajstić information content (AvgIpc) is 2.86. The van der Waals surface area contributed by atoms with E-state index >= 15 is 0 Å². The van der Waals surface area contributed by atoms with Crippen molar-refractivity contribution in [3.05, 3.63) is 85.1 Å². The molecule has 2 aliphatic rings. The number of esters is 1. The first-order chi connectivity index (χ1) is 18.6. The van der Waals surface area contributed by atoms with Crippen molar-refractivity contribution in [1.29, 1.82) is 0 Å². The molecule has 40 heavy (non-hydrogen) atoms. The van der Waals surface area contributed by atoms with E-state index < -0.39 is 5.97 Å². The summed E-state index contributed by atoms with van der Waals surface area (Å²) in [6, 6.07) is 21.3. The quantitative estimate of drug-likeness (QED) is 0.265. The number of rotatable bonds is 5. The third kappa shape index (κ3) is 9.54. The Bertz CT molecular complexity index is 1020. The summed E-state index contributed by atoms with van der Waals surface area (Å²) >= 11 is 2.31. The van der Waals surface area contributed by atoms with Gasteiger partial charge in [0.2, 0.25) is 0 Å². The molecular formula is C34H50CoN2O3-2.